The SMILES string of the molecule is O=C1CC(O)C(=O)N1c1cccc(N2C(=O)CC(O)C2=O)c1. The van der Waals surface area contributed by atoms with Crippen molar-refractivity contribution in [1.29, 1.82) is 0 Å². The summed E-state index contributed by atoms with van der Waals surface area (Å²) in [6, 6.07) is 5.71. The first-order valence-corrected chi connectivity index (χ1v) is 6.60. The molecule has 2 unspecified atom stereocenters. The van der Waals surface area contributed by atoms with E-state index < -0.39 is 35.8 Å². The molecule has 1 aromatic rings. The molecule has 3 rings (SSSR count). The van der Waals surface area contributed by atoms with Crippen molar-refractivity contribution >= 4 is 35.0 Å². The van der Waals surface area contributed by atoms with E-state index in [1.807, 2.05) is 0 Å². The molecule has 114 valence electrons. The fourth-order valence-electron chi connectivity index (χ4n) is 2.55. The molecular weight excluding hydrogens is 292 g/mol. The Balaban J connectivity index is 1.97. The molecule has 8 nitrogen and oxygen atoms in total. The van der Waals surface area contributed by atoms with Gasteiger partial charge in [0.15, 0.2) is 0 Å². The van der Waals surface area contributed by atoms with Gasteiger partial charge in [0.25, 0.3) is 11.8 Å². The first-order valence-electron chi connectivity index (χ1n) is 6.60. The van der Waals surface area contributed by atoms with Crippen LogP contribution in [0.1, 0.15) is 12.8 Å². The lowest BCUT2D eigenvalue weighted by Crippen LogP contribution is -2.33. The largest absolute Gasteiger partial charge is 0.383 e. The van der Waals surface area contributed by atoms with Gasteiger partial charge in [-0.05, 0) is 18.2 Å². The van der Waals surface area contributed by atoms with E-state index in [4.69, 9.17) is 0 Å². The van der Waals surface area contributed by atoms with Crippen molar-refractivity contribution in [2.75, 3.05) is 9.80 Å². The van der Waals surface area contributed by atoms with Gasteiger partial charge in [0, 0.05) is 0 Å². The highest BCUT2D eigenvalue weighted by molar-refractivity contribution is 6.24. The Hall–Kier alpha value is -2.58. The lowest BCUT2D eigenvalue weighted by molar-refractivity contribution is -0.125. The van der Waals surface area contributed by atoms with Gasteiger partial charge in [-0.1, -0.05) is 6.07 Å². The normalized spacial score (nSPS) is 25.5. The first-order chi connectivity index (χ1) is 10.4. The molecule has 2 saturated heterocycles. The van der Waals surface area contributed by atoms with Crippen LogP contribution in [0.4, 0.5) is 11.4 Å². The number of aliphatic hydroxyl groups is 2. The Morgan fingerprint density at radius 2 is 1.23 bits per heavy atom. The molecule has 22 heavy (non-hydrogen) atoms. The van der Waals surface area contributed by atoms with Crippen molar-refractivity contribution in [1.82, 2.24) is 0 Å². The standard InChI is InChI=1S/C14H12N2O6/c17-9-5-11(19)15(13(9)21)7-2-1-3-8(4-7)16-12(20)6-10(18)14(16)22/h1-4,9-10,17-18H,5-6H2. The maximum Gasteiger partial charge on any atom is 0.263 e. The third-order valence-electron chi connectivity index (χ3n) is 3.59. The highest BCUT2D eigenvalue weighted by Crippen LogP contribution is 2.29. The molecule has 0 aliphatic carbocycles. The highest BCUT2D eigenvalue weighted by Gasteiger charge is 2.40. The van der Waals surface area contributed by atoms with E-state index in [0.29, 0.717) is 0 Å². The van der Waals surface area contributed by atoms with E-state index in [0.717, 1.165) is 9.80 Å². The summed E-state index contributed by atoms with van der Waals surface area (Å²) < 4.78 is 0. The molecule has 1 aromatic carbocycles. The molecule has 2 fully saturated rings. The Morgan fingerprint density at radius 3 is 1.55 bits per heavy atom. The number of aliphatic hydroxyl groups excluding tert-OH is 2. The van der Waals surface area contributed by atoms with Gasteiger partial charge in [-0.25, -0.2) is 9.80 Å². The van der Waals surface area contributed by atoms with Crippen molar-refractivity contribution in [2.45, 2.75) is 25.0 Å². The van der Waals surface area contributed by atoms with Crippen molar-refractivity contribution in [3.05, 3.63) is 24.3 Å². The fourth-order valence-corrected chi connectivity index (χ4v) is 2.55. The number of hydrogen-bond donors (Lipinski definition) is 2. The number of anilines is 2. The second kappa shape index (κ2) is 5.00. The molecule has 0 saturated carbocycles. The van der Waals surface area contributed by atoms with Crippen LogP contribution >= 0.6 is 0 Å². The first kappa shape index (κ1) is 14.4. The number of hydrogen-bond acceptors (Lipinski definition) is 6. The van der Waals surface area contributed by atoms with Crippen molar-refractivity contribution in [2.24, 2.45) is 0 Å². The van der Waals surface area contributed by atoms with E-state index >= 15 is 0 Å². The predicted molar refractivity (Wildman–Crippen MR) is 72.7 cm³/mol. The lowest BCUT2D eigenvalue weighted by Gasteiger charge is -2.18. The van der Waals surface area contributed by atoms with Crippen LogP contribution in [0.2, 0.25) is 0 Å². The maximum absolute atomic E-state index is 11.8. The molecule has 2 N–H and O–H groups in total. The number of rotatable bonds is 2. The third-order valence-corrected chi connectivity index (χ3v) is 3.59. The number of carbonyl (C=O) groups is 4. The van der Waals surface area contributed by atoms with E-state index in [2.05, 4.69) is 0 Å². The smallest absolute Gasteiger partial charge is 0.263 e. The van der Waals surface area contributed by atoms with Gasteiger partial charge in [-0.3, -0.25) is 19.2 Å². The van der Waals surface area contributed by atoms with Gasteiger partial charge in [0.2, 0.25) is 11.8 Å². The topological polar surface area (TPSA) is 115 Å². The van der Waals surface area contributed by atoms with Gasteiger partial charge >= 0.3 is 0 Å². The van der Waals surface area contributed by atoms with E-state index in [-0.39, 0.29) is 24.2 Å². The molecule has 2 aliphatic rings. The minimum Gasteiger partial charge on any atom is -0.383 e. The van der Waals surface area contributed by atoms with Crippen LogP contribution in [0.25, 0.3) is 0 Å². The van der Waals surface area contributed by atoms with Gasteiger partial charge < -0.3 is 10.2 Å². The summed E-state index contributed by atoms with van der Waals surface area (Å²) in [7, 11) is 0. The van der Waals surface area contributed by atoms with Crippen LogP contribution in [0.5, 0.6) is 0 Å². The molecule has 2 heterocycles. The zero-order valence-electron chi connectivity index (χ0n) is 11.3. The average Bonchev–Trinajstić information content (AvgIpc) is 2.86. The van der Waals surface area contributed by atoms with Crippen LogP contribution in [0.3, 0.4) is 0 Å². The molecule has 0 spiro atoms. The third kappa shape index (κ3) is 2.09. The van der Waals surface area contributed by atoms with Crippen molar-refractivity contribution in [3.63, 3.8) is 0 Å². The lowest BCUT2D eigenvalue weighted by atomic mass is 10.2. The van der Waals surface area contributed by atoms with Gasteiger partial charge in [0.05, 0.1) is 24.2 Å². The van der Waals surface area contributed by atoms with Crippen LogP contribution in [0.15, 0.2) is 24.3 Å². The van der Waals surface area contributed by atoms with E-state index in [1.54, 1.807) is 0 Å². The molecule has 0 aromatic heterocycles. The van der Waals surface area contributed by atoms with Gasteiger partial charge in [-0.2, -0.15) is 0 Å². The van der Waals surface area contributed by atoms with E-state index in [9.17, 15) is 29.4 Å². The molecule has 8 heteroatoms. The minimum atomic E-state index is -1.38. The van der Waals surface area contributed by atoms with Crippen LogP contribution in [-0.4, -0.2) is 46.0 Å². The zero-order chi connectivity index (χ0) is 16.0. The predicted octanol–water partition coefficient (Wildman–Crippen LogP) is -1.07. The number of amides is 4. The molecule has 0 radical (unpaired) electrons. The second-order valence-electron chi connectivity index (χ2n) is 5.09. The summed E-state index contributed by atoms with van der Waals surface area (Å²) in [5, 5.41) is 18.9. The molecule has 0 bridgehead atoms. The summed E-state index contributed by atoms with van der Waals surface area (Å²) in [5.74, 6) is -2.62. The Morgan fingerprint density at radius 1 is 0.818 bits per heavy atom. The number of benzene rings is 1. The van der Waals surface area contributed by atoms with Crippen LogP contribution in [0, 0.1) is 0 Å². The average molecular weight is 304 g/mol. The highest BCUT2D eigenvalue weighted by atomic mass is 16.3. The fraction of sp³-hybridized carbons (Fsp3) is 0.286. The van der Waals surface area contributed by atoms with Crippen LogP contribution in [-0.2, 0) is 19.2 Å². The molecule has 2 atom stereocenters. The van der Waals surface area contributed by atoms with Crippen LogP contribution < -0.4 is 9.80 Å². The quantitative estimate of drug-likeness (QED) is 0.673. The second-order valence-corrected chi connectivity index (χ2v) is 5.09. The van der Waals surface area contributed by atoms with E-state index in [1.165, 1.54) is 24.3 Å². The van der Waals surface area contributed by atoms with Crippen molar-refractivity contribution in [3.8, 4) is 0 Å². The Labute approximate surface area is 124 Å². The summed E-state index contributed by atoms with van der Waals surface area (Å²) in [4.78, 5) is 48.8. The summed E-state index contributed by atoms with van der Waals surface area (Å²) in [6.07, 6.45) is -3.37. The van der Waals surface area contributed by atoms with Crippen molar-refractivity contribution < 1.29 is 29.4 Å². The summed E-state index contributed by atoms with van der Waals surface area (Å²) in [6.45, 7) is 0. The number of carbonyl (C=O) groups excluding carboxylic acids is 4. The molecule has 4 amide bonds. The minimum absolute atomic E-state index is 0.158. The van der Waals surface area contributed by atoms with Gasteiger partial charge in [-0.15, -0.1) is 0 Å². The molecule has 2 aliphatic heterocycles. The number of imide groups is 2. The Bertz CT molecular complexity index is 645. The summed E-state index contributed by atoms with van der Waals surface area (Å²) in [5.41, 5.74) is 0.317. The zero-order valence-corrected chi connectivity index (χ0v) is 11.3. The van der Waals surface area contributed by atoms with Gasteiger partial charge in [0.1, 0.15) is 12.2 Å². The monoisotopic (exact) mass is 304 g/mol. The molecular formula is C14H12N2O6. The Kier molecular flexibility index (Phi) is 3.27. The number of nitrogens with zero attached hydrogens (tertiary/aromatic N) is 2. The summed E-state index contributed by atoms with van der Waals surface area (Å²) >= 11 is 0. The maximum atomic E-state index is 11.8.